The zero-order chi connectivity index (χ0) is 22.8. The highest BCUT2D eigenvalue weighted by Gasteiger charge is 2.34. The highest BCUT2D eigenvalue weighted by atomic mass is 32.2. The van der Waals surface area contributed by atoms with Crippen molar-refractivity contribution in [1.82, 2.24) is 14.3 Å². The zero-order valence-electron chi connectivity index (χ0n) is 17.6. The molecule has 1 atom stereocenters. The summed E-state index contributed by atoms with van der Waals surface area (Å²) in [5.41, 5.74) is 1.12. The summed E-state index contributed by atoms with van der Waals surface area (Å²) < 4.78 is 1.88. The molecule has 0 radical (unpaired) electrons. The second kappa shape index (κ2) is 9.23. The number of anilines is 1. The number of rotatable bonds is 6. The third-order valence-corrected chi connectivity index (χ3v) is 6.36. The number of aromatic nitrogens is 2. The van der Waals surface area contributed by atoms with Gasteiger partial charge in [0.25, 0.3) is 11.5 Å². The van der Waals surface area contributed by atoms with Crippen molar-refractivity contribution in [3.63, 3.8) is 0 Å². The molecule has 0 saturated carbocycles. The summed E-state index contributed by atoms with van der Waals surface area (Å²) in [4.78, 5) is 32.6. The molecule has 164 valence electrons. The Kier molecular flexibility index (Phi) is 6.40. The van der Waals surface area contributed by atoms with Gasteiger partial charge in [-0.05, 0) is 37.6 Å². The van der Waals surface area contributed by atoms with E-state index < -0.39 is 6.10 Å². The highest BCUT2D eigenvalue weighted by molar-refractivity contribution is 8.26. The maximum absolute atomic E-state index is 13.3. The van der Waals surface area contributed by atoms with Crippen molar-refractivity contribution < 1.29 is 9.90 Å². The van der Waals surface area contributed by atoms with Crippen molar-refractivity contribution in [2.45, 2.75) is 26.0 Å². The Bertz CT molecular complexity index is 1270. The molecule has 4 rings (SSSR count). The van der Waals surface area contributed by atoms with Crippen LogP contribution in [0.1, 0.15) is 31.1 Å². The van der Waals surface area contributed by atoms with Crippen LogP contribution in [-0.4, -0.2) is 42.2 Å². The van der Waals surface area contributed by atoms with Crippen molar-refractivity contribution in [3.8, 4) is 0 Å². The Balaban J connectivity index is 1.74. The van der Waals surface area contributed by atoms with Crippen molar-refractivity contribution in [2.75, 3.05) is 11.9 Å². The Morgan fingerprint density at radius 2 is 1.88 bits per heavy atom. The Labute approximate surface area is 194 Å². The van der Waals surface area contributed by atoms with Crippen molar-refractivity contribution >= 4 is 51.7 Å². The van der Waals surface area contributed by atoms with Crippen molar-refractivity contribution in [3.05, 3.63) is 81.1 Å². The second-order valence-electron chi connectivity index (χ2n) is 7.56. The summed E-state index contributed by atoms with van der Waals surface area (Å²) in [5.74, 6) is 0.0637. The molecule has 2 aromatic heterocycles. The molecule has 0 aliphatic carbocycles. The number of hydrogen-bond donors (Lipinski definition) is 2. The van der Waals surface area contributed by atoms with Gasteiger partial charge in [-0.2, -0.15) is 0 Å². The number of carbonyl (C=O) groups is 1. The van der Waals surface area contributed by atoms with Crippen LogP contribution in [0.25, 0.3) is 11.7 Å². The van der Waals surface area contributed by atoms with Gasteiger partial charge in [-0.3, -0.25) is 18.9 Å². The van der Waals surface area contributed by atoms with Gasteiger partial charge in [-0.25, -0.2) is 4.98 Å². The molecular weight excluding hydrogens is 444 g/mol. The lowest BCUT2D eigenvalue weighted by Gasteiger charge is -2.18. The van der Waals surface area contributed by atoms with Crippen LogP contribution in [-0.2, 0) is 4.79 Å². The lowest BCUT2D eigenvalue weighted by molar-refractivity contribution is -0.123. The quantitative estimate of drug-likeness (QED) is 0.425. The van der Waals surface area contributed by atoms with E-state index in [4.69, 9.17) is 12.2 Å². The molecule has 3 heterocycles. The number of aliphatic hydroxyl groups excluding tert-OH is 1. The number of benzene rings is 1. The molecule has 32 heavy (non-hydrogen) atoms. The van der Waals surface area contributed by atoms with Gasteiger partial charge in [0.2, 0.25) is 0 Å². The van der Waals surface area contributed by atoms with E-state index in [1.807, 2.05) is 44.2 Å². The average molecular weight is 467 g/mol. The van der Waals surface area contributed by atoms with Crippen LogP contribution >= 0.6 is 24.0 Å². The van der Waals surface area contributed by atoms with E-state index >= 15 is 0 Å². The fourth-order valence-electron chi connectivity index (χ4n) is 3.41. The molecule has 0 unspecified atom stereocenters. The third kappa shape index (κ3) is 4.32. The summed E-state index contributed by atoms with van der Waals surface area (Å²) >= 11 is 6.51. The molecule has 1 aliphatic rings. The minimum Gasteiger partial charge on any atom is -0.387 e. The third-order valence-electron chi connectivity index (χ3n) is 5.03. The molecule has 9 heteroatoms. The average Bonchev–Trinajstić information content (AvgIpc) is 3.07. The van der Waals surface area contributed by atoms with Gasteiger partial charge in [0.1, 0.15) is 15.8 Å². The normalized spacial score (nSPS) is 16.4. The monoisotopic (exact) mass is 466 g/mol. The van der Waals surface area contributed by atoms with Gasteiger partial charge in [0, 0.05) is 18.8 Å². The van der Waals surface area contributed by atoms with Crippen LogP contribution in [0.2, 0.25) is 0 Å². The summed E-state index contributed by atoms with van der Waals surface area (Å²) in [6.45, 7) is 3.92. The molecular formula is C23H22N4O3S2. The number of thiocarbonyl (C=S) groups is 1. The fraction of sp³-hybridized carbons (Fsp3) is 0.217. The smallest absolute Gasteiger partial charge is 0.267 e. The van der Waals surface area contributed by atoms with E-state index in [1.165, 1.54) is 15.4 Å². The van der Waals surface area contributed by atoms with Crippen molar-refractivity contribution in [1.29, 1.82) is 0 Å². The molecule has 2 N–H and O–H groups in total. The van der Waals surface area contributed by atoms with Crippen LogP contribution in [0.3, 0.4) is 0 Å². The van der Waals surface area contributed by atoms with Crippen LogP contribution < -0.4 is 10.9 Å². The van der Waals surface area contributed by atoms with Gasteiger partial charge in [0.15, 0.2) is 0 Å². The summed E-state index contributed by atoms with van der Waals surface area (Å²) in [7, 11) is 0. The number of carbonyl (C=O) groups excluding carboxylic acids is 1. The predicted molar refractivity (Wildman–Crippen MR) is 132 cm³/mol. The fourth-order valence-corrected chi connectivity index (χ4v) is 4.92. The van der Waals surface area contributed by atoms with Gasteiger partial charge >= 0.3 is 0 Å². The minimum atomic E-state index is -0.792. The number of nitrogens with zero attached hydrogens (tertiary/aromatic N) is 3. The van der Waals surface area contributed by atoms with E-state index in [0.717, 1.165) is 17.3 Å². The number of amides is 1. The Morgan fingerprint density at radius 1 is 1.16 bits per heavy atom. The maximum Gasteiger partial charge on any atom is 0.267 e. The van der Waals surface area contributed by atoms with Crippen LogP contribution in [0.4, 0.5) is 5.82 Å². The van der Waals surface area contributed by atoms with E-state index in [2.05, 4.69) is 10.3 Å². The second-order valence-corrected chi connectivity index (χ2v) is 9.24. The Morgan fingerprint density at radius 3 is 2.56 bits per heavy atom. The van der Waals surface area contributed by atoms with E-state index in [1.54, 1.807) is 24.4 Å². The first kappa shape index (κ1) is 22.2. The number of aliphatic hydroxyl groups is 1. The summed E-state index contributed by atoms with van der Waals surface area (Å²) in [6.07, 6.45) is 2.37. The molecule has 0 spiro atoms. The highest BCUT2D eigenvalue weighted by Crippen LogP contribution is 2.34. The molecule has 7 nitrogen and oxygen atoms in total. The van der Waals surface area contributed by atoms with E-state index in [9.17, 15) is 14.7 Å². The first-order valence-electron chi connectivity index (χ1n) is 10.1. The SMILES string of the molecule is CC(C)N1C(=O)/C(=C/c2c(NC[C@H](O)c3ccccc3)nc3ccccn3c2=O)SC1=S. The zero-order valence-corrected chi connectivity index (χ0v) is 19.2. The predicted octanol–water partition coefficient (Wildman–Crippen LogP) is 3.45. The maximum atomic E-state index is 13.3. The van der Waals surface area contributed by atoms with Crippen LogP contribution in [0.15, 0.2) is 64.4 Å². The van der Waals surface area contributed by atoms with Gasteiger partial charge in [-0.1, -0.05) is 60.4 Å². The molecule has 1 amide bonds. The Hall–Kier alpha value is -3.01. The first-order valence-corrected chi connectivity index (χ1v) is 11.3. The first-order chi connectivity index (χ1) is 15.4. The van der Waals surface area contributed by atoms with Gasteiger partial charge < -0.3 is 10.4 Å². The summed E-state index contributed by atoms with van der Waals surface area (Å²) in [6, 6.07) is 14.4. The number of nitrogens with one attached hydrogen (secondary N) is 1. The van der Waals surface area contributed by atoms with E-state index in [-0.39, 0.29) is 29.6 Å². The lowest BCUT2D eigenvalue weighted by Crippen LogP contribution is -2.34. The number of pyridine rings is 1. The molecule has 1 aliphatic heterocycles. The summed E-state index contributed by atoms with van der Waals surface area (Å²) in [5, 5.41) is 13.6. The molecule has 1 aromatic carbocycles. The molecule has 3 aromatic rings. The number of hydrogen-bond acceptors (Lipinski definition) is 7. The molecule has 1 fully saturated rings. The van der Waals surface area contributed by atoms with E-state index in [0.29, 0.717) is 20.7 Å². The standard InChI is InChI=1S/C23H22N4O3S2/c1-14(2)27-22(30)18(32-23(27)31)12-16-20(24-13-17(28)15-8-4-3-5-9-15)25-19-10-6-7-11-26(19)21(16)29/h3-12,14,17,24,28H,13H2,1-2H3/b18-12-/t17-/m0/s1. The van der Waals surface area contributed by atoms with Crippen LogP contribution in [0.5, 0.6) is 0 Å². The largest absolute Gasteiger partial charge is 0.387 e. The lowest BCUT2D eigenvalue weighted by atomic mass is 10.1. The minimum absolute atomic E-state index is 0.0807. The van der Waals surface area contributed by atoms with Crippen molar-refractivity contribution in [2.24, 2.45) is 0 Å². The van der Waals surface area contributed by atoms with Crippen LogP contribution in [0, 0.1) is 0 Å². The number of fused-ring (bicyclic) bond motifs is 1. The topological polar surface area (TPSA) is 86.9 Å². The van der Waals surface area contributed by atoms with Gasteiger partial charge in [0.05, 0.1) is 16.6 Å². The molecule has 1 saturated heterocycles. The van der Waals surface area contributed by atoms with Gasteiger partial charge in [-0.15, -0.1) is 0 Å². The number of thioether (sulfide) groups is 1. The molecule has 0 bridgehead atoms.